The standard InChI is InChI=1S/C28H25F2N3O3/c1-18(2)24(20-13-15-22(16-14-20)36-28(29)30)26(34)32-33-25(21-11-7-4-8-12-21)31-23(27(33)35)17-19-9-5-3-6-10-19/h3-18,24,28H,1-2H3,(H,32,34)/b23-17-/t24-/m0/s1. The molecule has 1 N–H and O–H groups in total. The minimum absolute atomic E-state index is 0.000531. The molecule has 0 bridgehead atoms. The van der Waals surface area contributed by atoms with Gasteiger partial charge < -0.3 is 4.74 Å². The van der Waals surface area contributed by atoms with Crippen molar-refractivity contribution in [2.45, 2.75) is 26.4 Å². The normalized spacial score (nSPS) is 15.4. The van der Waals surface area contributed by atoms with Crippen molar-refractivity contribution in [3.63, 3.8) is 0 Å². The number of rotatable bonds is 8. The highest BCUT2D eigenvalue weighted by Crippen LogP contribution is 2.28. The minimum atomic E-state index is -2.94. The van der Waals surface area contributed by atoms with Crippen LogP contribution in [0.1, 0.15) is 36.5 Å². The van der Waals surface area contributed by atoms with Gasteiger partial charge in [0.15, 0.2) is 5.84 Å². The van der Waals surface area contributed by atoms with Crippen molar-refractivity contribution in [3.8, 4) is 5.75 Å². The van der Waals surface area contributed by atoms with Gasteiger partial charge in [-0.1, -0.05) is 86.6 Å². The summed E-state index contributed by atoms with van der Waals surface area (Å²) >= 11 is 0. The third kappa shape index (κ3) is 5.66. The lowest BCUT2D eigenvalue weighted by molar-refractivity contribution is -0.134. The van der Waals surface area contributed by atoms with Crippen molar-refractivity contribution in [1.82, 2.24) is 10.4 Å². The van der Waals surface area contributed by atoms with Gasteiger partial charge >= 0.3 is 6.61 Å². The SMILES string of the molecule is CC(C)[C@H](C(=O)NN1C(=O)/C(=C/c2ccccc2)N=C1c1ccccc1)c1ccc(OC(F)F)cc1. The summed E-state index contributed by atoms with van der Waals surface area (Å²) in [4.78, 5) is 31.3. The summed E-state index contributed by atoms with van der Waals surface area (Å²) in [5.41, 5.74) is 5.00. The Hall–Kier alpha value is -4.33. The number of hydrogen-bond donors (Lipinski definition) is 1. The maximum Gasteiger partial charge on any atom is 0.387 e. The summed E-state index contributed by atoms with van der Waals surface area (Å²) in [6.07, 6.45) is 1.67. The second-order valence-corrected chi connectivity index (χ2v) is 8.53. The fourth-order valence-corrected chi connectivity index (χ4v) is 3.98. The van der Waals surface area contributed by atoms with Gasteiger partial charge in [0.2, 0.25) is 5.91 Å². The van der Waals surface area contributed by atoms with Crippen molar-refractivity contribution in [1.29, 1.82) is 0 Å². The average molecular weight is 490 g/mol. The van der Waals surface area contributed by atoms with Gasteiger partial charge in [-0.3, -0.25) is 15.0 Å². The molecule has 3 aromatic rings. The fraction of sp³-hybridized carbons (Fsp3) is 0.179. The Morgan fingerprint density at radius 2 is 1.56 bits per heavy atom. The highest BCUT2D eigenvalue weighted by Gasteiger charge is 2.35. The Kier molecular flexibility index (Phi) is 7.53. The molecule has 0 fully saturated rings. The summed E-state index contributed by atoms with van der Waals surface area (Å²) in [6.45, 7) is 0.800. The first-order valence-electron chi connectivity index (χ1n) is 11.4. The van der Waals surface area contributed by atoms with Crippen molar-refractivity contribution < 1.29 is 23.1 Å². The first-order valence-corrected chi connectivity index (χ1v) is 11.4. The molecule has 3 aromatic carbocycles. The summed E-state index contributed by atoms with van der Waals surface area (Å²) in [5, 5.41) is 1.16. The zero-order valence-electron chi connectivity index (χ0n) is 19.8. The van der Waals surface area contributed by atoms with Gasteiger partial charge in [0.25, 0.3) is 5.91 Å². The zero-order valence-corrected chi connectivity index (χ0v) is 19.8. The van der Waals surface area contributed by atoms with Crippen LogP contribution >= 0.6 is 0 Å². The van der Waals surface area contributed by atoms with Gasteiger partial charge in [0.1, 0.15) is 11.4 Å². The molecule has 184 valence electrons. The molecule has 0 saturated carbocycles. The average Bonchev–Trinajstić information content (AvgIpc) is 3.16. The second kappa shape index (κ2) is 10.9. The maximum absolute atomic E-state index is 13.5. The number of aliphatic imine (C=N–C) groups is 1. The van der Waals surface area contributed by atoms with E-state index in [1.807, 2.05) is 62.4 Å². The number of carbonyl (C=O) groups is 2. The molecule has 0 aromatic heterocycles. The molecule has 1 atom stereocenters. The van der Waals surface area contributed by atoms with E-state index in [1.54, 1.807) is 30.3 Å². The highest BCUT2D eigenvalue weighted by molar-refractivity contribution is 6.20. The monoisotopic (exact) mass is 489 g/mol. The molecule has 0 radical (unpaired) electrons. The van der Waals surface area contributed by atoms with E-state index in [0.29, 0.717) is 17.0 Å². The summed E-state index contributed by atoms with van der Waals surface area (Å²) in [7, 11) is 0. The predicted molar refractivity (Wildman–Crippen MR) is 133 cm³/mol. The van der Waals surface area contributed by atoms with Crippen molar-refractivity contribution in [2.24, 2.45) is 10.9 Å². The van der Waals surface area contributed by atoms with E-state index in [4.69, 9.17) is 0 Å². The largest absolute Gasteiger partial charge is 0.435 e. The highest BCUT2D eigenvalue weighted by atomic mass is 19.3. The molecular formula is C28H25F2N3O3. The van der Waals surface area contributed by atoms with Crippen LogP contribution in [0.15, 0.2) is 95.6 Å². The van der Waals surface area contributed by atoms with E-state index in [2.05, 4.69) is 15.2 Å². The van der Waals surface area contributed by atoms with E-state index in [-0.39, 0.29) is 17.4 Å². The lowest BCUT2D eigenvalue weighted by Crippen LogP contribution is -2.49. The smallest absolute Gasteiger partial charge is 0.387 e. The summed E-state index contributed by atoms with van der Waals surface area (Å²) in [5.74, 6) is -1.39. The minimum Gasteiger partial charge on any atom is -0.435 e. The van der Waals surface area contributed by atoms with Gasteiger partial charge in [-0.25, -0.2) is 4.99 Å². The van der Waals surface area contributed by atoms with E-state index in [0.717, 1.165) is 10.6 Å². The van der Waals surface area contributed by atoms with Crippen LogP contribution < -0.4 is 10.2 Å². The van der Waals surface area contributed by atoms with E-state index >= 15 is 0 Å². The van der Waals surface area contributed by atoms with Gasteiger partial charge in [-0.2, -0.15) is 13.8 Å². The van der Waals surface area contributed by atoms with Gasteiger partial charge in [0.05, 0.1) is 5.92 Å². The molecule has 8 heteroatoms. The number of nitrogens with zero attached hydrogens (tertiary/aromatic N) is 2. The van der Waals surface area contributed by atoms with Crippen LogP contribution in [0.5, 0.6) is 5.75 Å². The van der Waals surface area contributed by atoms with E-state index < -0.39 is 24.3 Å². The number of amides is 2. The first kappa shape index (κ1) is 24.8. The molecule has 1 aliphatic heterocycles. The van der Waals surface area contributed by atoms with Crippen LogP contribution in [-0.2, 0) is 9.59 Å². The molecule has 0 aliphatic carbocycles. The van der Waals surface area contributed by atoms with Gasteiger partial charge in [-0.05, 0) is 35.3 Å². The van der Waals surface area contributed by atoms with Crippen LogP contribution in [0, 0.1) is 5.92 Å². The van der Waals surface area contributed by atoms with E-state index in [1.165, 1.54) is 12.1 Å². The van der Waals surface area contributed by atoms with Crippen LogP contribution in [-0.4, -0.2) is 29.3 Å². The Labute approximate surface area is 207 Å². The third-order valence-electron chi connectivity index (χ3n) is 5.63. The molecule has 36 heavy (non-hydrogen) atoms. The van der Waals surface area contributed by atoms with Crippen molar-refractivity contribution >= 4 is 23.7 Å². The van der Waals surface area contributed by atoms with E-state index in [9.17, 15) is 18.4 Å². The maximum atomic E-state index is 13.5. The lowest BCUT2D eigenvalue weighted by atomic mass is 9.88. The molecular weight excluding hydrogens is 464 g/mol. The number of hydrogen-bond acceptors (Lipinski definition) is 4. The number of alkyl halides is 2. The van der Waals surface area contributed by atoms with Crippen LogP contribution in [0.3, 0.4) is 0 Å². The van der Waals surface area contributed by atoms with Crippen molar-refractivity contribution in [3.05, 3.63) is 107 Å². The Bertz CT molecular complexity index is 1270. The quantitative estimate of drug-likeness (QED) is 0.432. The molecule has 6 nitrogen and oxygen atoms in total. The zero-order chi connectivity index (χ0) is 25.7. The second-order valence-electron chi connectivity index (χ2n) is 8.53. The van der Waals surface area contributed by atoms with Crippen LogP contribution in [0.25, 0.3) is 6.08 Å². The number of amidine groups is 1. The summed E-state index contributed by atoms with van der Waals surface area (Å²) in [6, 6.07) is 24.3. The van der Waals surface area contributed by atoms with Gasteiger partial charge in [-0.15, -0.1) is 0 Å². The number of ether oxygens (including phenoxy) is 1. The lowest BCUT2D eigenvalue weighted by Gasteiger charge is -2.25. The molecule has 0 unspecified atom stereocenters. The van der Waals surface area contributed by atoms with Crippen molar-refractivity contribution in [2.75, 3.05) is 0 Å². The predicted octanol–water partition coefficient (Wildman–Crippen LogP) is 5.39. The number of halogens is 2. The number of benzene rings is 3. The third-order valence-corrected chi connectivity index (χ3v) is 5.63. The number of hydrazine groups is 1. The molecule has 0 spiro atoms. The number of nitrogens with one attached hydrogen (secondary N) is 1. The molecule has 2 amide bonds. The van der Waals surface area contributed by atoms with Gasteiger partial charge in [0, 0.05) is 5.56 Å². The molecule has 4 rings (SSSR count). The molecule has 0 saturated heterocycles. The first-order chi connectivity index (χ1) is 17.3. The fourth-order valence-electron chi connectivity index (χ4n) is 3.98. The van der Waals surface area contributed by atoms with Crippen LogP contribution in [0.4, 0.5) is 8.78 Å². The summed E-state index contributed by atoms with van der Waals surface area (Å²) < 4.78 is 29.4. The molecule has 1 aliphatic rings. The Balaban J connectivity index is 1.63. The van der Waals surface area contributed by atoms with Crippen LogP contribution in [0.2, 0.25) is 0 Å². The topological polar surface area (TPSA) is 71.0 Å². The molecule has 1 heterocycles. The Morgan fingerprint density at radius 1 is 0.944 bits per heavy atom. The Morgan fingerprint density at radius 3 is 2.14 bits per heavy atom. The number of carbonyl (C=O) groups excluding carboxylic acids is 2.